The van der Waals surface area contributed by atoms with E-state index in [0.29, 0.717) is 12.2 Å². The highest BCUT2D eigenvalue weighted by Gasteiger charge is 2.34. The number of hydrogen-bond donors (Lipinski definition) is 1. The number of hydrogen-bond acceptors (Lipinski definition) is 5. The molecular weight excluding hydrogens is 467 g/mol. The Balaban J connectivity index is 1.57. The maximum atomic E-state index is 13.7. The number of rotatable bonds is 6. The van der Waals surface area contributed by atoms with Crippen molar-refractivity contribution in [3.63, 3.8) is 0 Å². The van der Waals surface area contributed by atoms with Gasteiger partial charge in [0.05, 0.1) is 24.0 Å². The molecular formula is C26H29FN4O5. The number of carbonyl (C=O) groups excluding carboxylic acids is 4. The fourth-order valence-corrected chi connectivity index (χ4v) is 4.35. The van der Waals surface area contributed by atoms with Gasteiger partial charge in [-0.15, -0.1) is 0 Å². The van der Waals surface area contributed by atoms with Crippen molar-refractivity contribution in [2.75, 3.05) is 31.1 Å². The summed E-state index contributed by atoms with van der Waals surface area (Å²) in [4.78, 5) is 55.3. The lowest BCUT2D eigenvalue weighted by Gasteiger charge is -2.30. The van der Waals surface area contributed by atoms with Crippen molar-refractivity contribution in [3.05, 3.63) is 65.5 Å². The Labute approximate surface area is 208 Å². The van der Waals surface area contributed by atoms with Crippen molar-refractivity contribution in [3.8, 4) is 0 Å². The summed E-state index contributed by atoms with van der Waals surface area (Å²) < 4.78 is 19.3. The van der Waals surface area contributed by atoms with Crippen molar-refractivity contribution in [2.24, 2.45) is 0 Å². The second-order valence-corrected chi connectivity index (χ2v) is 9.16. The van der Waals surface area contributed by atoms with E-state index in [1.54, 1.807) is 41.3 Å². The molecule has 2 saturated heterocycles. The van der Waals surface area contributed by atoms with Crippen molar-refractivity contribution in [2.45, 2.75) is 39.0 Å². The molecule has 10 heteroatoms. The Morgan fingerprint density at radius 2 is 1.81 bits per heavy atom. The molecule has 5 amide bonds. The quantitative estimate of drug-likeness (QED) is 0.663. The number of anilines is 1. The van der Waals surface area contributed by atoms with Gasteiger partial charge in [0.15, 0.2) is 0 Å². The SMILES string of the molecule is CC(C)N1CC(OCc2ccc(F)cc2)CN(C(=O)c2ccccc2N2CCC(=O)NC2=O)CC1=O. The number of urea groups is 1. The van der Waals surface area contributed by atoms with Crippen LogP contribution in [-0.2, 0) is 20.9 Å². The molecule has 36 heavy (non-hydrogen) atoms. The Hall–Kier alpha value is -3.79. The summed E-state index contributed by atoms with van der Waals surface area (Å²) >= 11 is 0. The summed E-state index contributed by atoms with van der Waals surface area (Å²) in [6.07, 6.45) is -0.352. The van der Waals surface area contributed by atoms with Gasteiger partial charge >= 0.3 is 6.03 Å². The van der Waals surface area contributed by atoms with Gasteiger partial charge in [-0.05, 0) is 43.7 Å². The molecule has 1 atom stereocenters. The lowest BCUT2D eigenvalue weighted by atomic mass is 10.1. The Morgan fingerprint density at radius 3 is 2.50 bits per heavy atom. The molecule has 2 aliphatic heterocycles. The molecule has 2 aliphatic rings. The molecule has 4 rings (SSSR count). The van der Waals surface area contributed by atoms with Crippen LogP contribution in [0.15, 0.2) is 48.5 Å². The van der Waals surface area contributed by atoms with Gasteiger partial charge in [0.25, 0.3) is 5.91 Å². The number of para-hydroxylation sites is 1. The zero-order chi connectivity index (χ0) is 25.8. The van der Waals surface area contributed by atoms with Gasteiger partial charge in [0.2, 0.25) is 11.8 Å². The van der Waals surface area contributed by atoms with Crippen molar-refractivity contribution in [1.82, 2.24) is 15.1 Å². The van der Waals surface area contributed by atoms with Gasteiger partial charge in [-0.25, -0.2) is 9.18 Å². The van der Waals surface area contributed by atoms with Crippen LogP contribution in [0.5, 0.6) is 0 Å². The van der Waals surface area contributed by atoms with Crippen LogP contribution < -0.4 is 10.2 Å². The molecule has 1 N–H and O–H groups in total. The highest BCUT2D eigenvalue weighted by Crippen LogP contribution is 2.25. The lowest BCUT2D eigenvalue weighted by Crippen LogP contribution is -2.50. The second-order valence-electron chi connectivity index (χ2n) is 9.16. The zero-order valence-electron chi connectivity index (χ0n) is 20.3. The molecule has 2 aromatic rings. The van der Waals surface area contributed by atoms with Crippen molar-refractivity contribution < 1.29 is 28.3 Å². The van der Waals surface area contributed by atoms with Gasteiger partial charge < -0.3 is 14.5 Å². The van der Waals surface area contributed by atoms with E-state index < -0.39 is 18.0 Å². The van der Waals surface area contributed by atoms with E-state index in [4.69, 9.17) is 4.74 Å². The van der Waals surface area contributed by atoms with Crippen LogP contribution in [0.25, 0.3) is 0 Å². The van der Waals surface area contributed by atoms with E-state index in [1.807, 2.05) is 13.8 Å². The third-order valence-corrected chi connectivity index (χ3v) is 6.26. The van der Waals surface area contributed by atoms with Crippen LogP contribution in [0.2, 0.25) is 0 Å². The van der Waals surface area contributed by atoms with Crippen molar-refractivity contribution in [1.29, 1.82) is 0 Å². The number of amides is 5. The first-order chi connectivity index (χ1) is 17.2. The minimum Gasteiger partial charge on any atom is -0.370 e. The van der Waals surface area contributed by atoms with E-state index >= 15 is 0 Å². The number of halogens is 1. The molecule has 0 radical (unpaired) electrons. The monoisotopic (exact) mass is 496 g/mol. The van der Waals surface area contributed by atoms with Gasteiger partial charge in [0, 0.05) is 32.1 Å². The van der Waals surface area contributed by atoms with Gasteiger partial charge in [-0.2, -0.15) is 0 Å². The zero-order valence-corrected chi connectivity index (χ0v) is 20.3. The fourth-order valence-electron chi connectivity index (χ4n) is 4.35. The first kappa shape index (κ1) is 25.3. The van der Waals surface area contributed by atoms with E-state index in [-0.39, 0.29) is 61.9 Å². The topological polar surface area (TPSA) is 99.3 Å². The molecule has 2 heterocycles. The number of ether oxygens (including phenoxy) is 1. The highest BCUT2D eigenvalue weighted by molar-refractivity contribution is 6.10. The minimum absolute atomic E-state index is 0.0913. The molecule has 1 unspecified atom stereocenters. The minimum atomic E-state index is -0.593. The molecule has 0 aromatic heterocycles. The number of nitrogens with zero attached hydrogens (tertiary/aromatic N) is 3. The second kappa shape index (κ2) is 10.9. The molecule has 2 aromatic carbocycles. The van der Waals surface area contributed by atoms with Crippen LogP contribution >= 0.6 is 0 Å². The standard InChI is InChI=1S/C26H29FN4O5/c1-17(2)31-14-20(36-16-18-7-9-19(27)10-8-18)13-29(15-24(31)33)25(34)21-5-3-4-6-22(21)30-12-11-23(32)28-26(30)35/h3-10,17,20H,11-16H2,1-2H3,(H,28,32,35). The molecule has 0 spiro atoms. The Kier molecular flexibility index (Phi) is 7.64. The Morgan fingerprint density at radius 1 is 1.08 bits per heavy atom. The van der Waals surface area contributed by atoms with Gasteiger partial charge in [0.1, 0.15) is 12.4 Å². The summed E-state index contributed by atoms with van der Waals surface area (Å²) in [6, 6.07) is 11.9. The summed E-state index contributed by atoms with van der Waals surface area (Å²) in [5, 5.41) is 2.27. The molecule has 0 aliphatic carbocycles. The van der Waals surface area contributed by atoms with E-state index in [9.17, 15) is 23.6 Å². The van der Waals surface area contributed by atoms with Crippen LogP contribution in [0.1, 0.15) is 36.2 Å². The predicted octanol–water partition coefficient (Wildman–Crippen LogP) is 2.55. The summed E-state index contributed by atoms with van der Waals surface area (Å²) in [5.74, 6) is -1.32. The lowest BCUT2D eigenvalue weighted by molar-refractivity contribution is -0.133. The molecule has 9 nitrogen and oxygen atoms in total. The first-order valence-corrected chi connectivity index (χ1v) is 11.9. The predicted molar refractivity (Wildman–Crippen MR) is 130 cm³/mol. The van der Waals surface area contributed by atoms with E-state index in [2.05, 4.69) is 5.32 Å². The molecule has 190 valence electrons. The van der Waals surface area contributed by atoms with Crippen LogP contribution in [0.3, 0.4) is 0 Å². The third-order valence-electron chi connectivity index (χ3n) is 6.26. The summed E-state index contributed by atoms with van der Waals surface area (Å²) in [7, 11) is 0. The highest BCUT2D eigenvalue weighted by atomic mass is 19.1. The molecule has 2 fully saturated rings. The first-order valence-electron chi connectivity index (χ1n) is 11.9. The molecule has 0 saturated carbocycles. The largest absolute Gasteiger partial charge is 0.370 e. The Bertz CT molecular complexity index is 1150. The van der Waals surface area contributed by atoms with Gasteiger partial charge in [-0.3, -0.25) is 24.6 Å². The number of carbonyl (C=O) groups is 4. The number of nitrogens with one attached hydrogen (secondary N) is 1. The summed E-state index contributed by atoms with van der Waals surface area (Å²) in [6.45, 7) is 4.49. The van der Waals surface area contributed by atoms with Crippen molar-refractivity contribution >= 4 is 29.4 Å². The number of imide groups is 1. The van der Waals surface area contributed by atoms with E-state index in [0.717, 1.165) is 5.56 Å². The fraction of sp³-hybridized carbons (Fsp3) is 0.385. The smallest absolute Gasteiger partial charge is 0.328 e. The van der Waals surface area contributed by atoms with Crippen LogP contribution in [-0.4, -0.2) is 71.9 Å². The average Bonchev–Trinajstić information content (AvgIpc) is 3.02. The van der Waals surface area contributed by atoms with E-state index in [1.165, 1.54) is 21.9 Å². The number of benzene rings is 2. The maximum absolute atomic E-state index is 13.7. The third kappa shape index (κ3) is 5.71. The van der Waals surface area contributed by atoms with Crippen LogP contribution in [0, 0.1) is 5.82 Å². The van der Waals surface area contributed by atoms with Crippen LogP contribution in [0.4, 0.5) is 14.9 Å². The summed E-state index contributed by atoms with van der Waals surface area (Å²) in [5.41, 5.74) is 1.40. The maximum Gasteiger partial charge on any atom is 0.328 e. The van der Waals surface area contributed by atoms with Gasteiger partial charge in [-0.1, -0.05) is 24.3 Å². The average molecular weight is 497 g/mol. The normalized spacial score (nSPS) is 18.9. The molecule has 0 bridgehead atoms.